The van der Waals surface area contributed by atoms with E-state index in [1.54, 1.807) is 12.1 Å². The molecule has 0 spiro atoms. The zero-order valence-corrected chi connectivity index (χ0v) is 21.4. The molecule has 1 saturated carbocycles. The van der Waals surface area contributed by atoms with Gasteiger partial charge in [-0.1, -0.05) is 30.9 Å². The predicted molar refractivity (Wildman–Crippen MR) is 140 cm³/mol. The van der Waals surface area contributed by atoms with Crippen LogP contribution in [0.4, 0.5) is 4.39 Å². The molecule has 9 heteroatoms. The zero-order chi connectivity index (χ0) is 25.2. The summed E-state index contributed by atoms with van der Waals surface area (Å²) in [5.41, 5.74) is 5.33. The van der Waals surface area contributed by atoms with Gasteiger partial charge in [0, 0.05) is 16.5 Å². The number of benzene rings is 2. The third kappa shape index (κ3) is 4.99. The van der Waals surface area contributed by atoms with Crippen molar-refractivity contribution in [3.63, 3.8) is 0 Å². The fourth-order valence-corrected chi connectivity index (χ4v) is 6.06. The Bertz CT molecular complexity index is 1350. The highest BCUT2D eigenvalue weighted by Gasteiger charge is 2.34. The number of halogens is 2. The summed E-state index contributed by atoms with van der Waals surface area (Å²) in [6.07, 6.45) is 10.3. The Morgan fingerprint density at radius 2 is 1.84 bits per heavy atom. The summed E-state index contributed by atoms with van der Waals surface area (Å²) in [6, 6.07) is 12.7. The van der Waals surface area contributed by atoms with Crippen LogP contribution in [0.15, 0.2) is 42.5 Å². The van der Waals surface area contributed by atoms with Crippen molar-refractivity contribution in [2.24, 2.45) is 5.92 Å². The molecular formula is C28H30ClFN6O. The zero-order valence-electron chi connectivity index (χ0n) is 20.7. The number of fused-ring (bicyclic) bond motifs is 1. The summed E-state index contributed by atoms with van der Waals surface area (Å²) in [7, 11) is 0. The van der Waals surface area contributed by atoms with Gasteiger partial charge in [-0.05, 0) is 97.7 Å². The molecular weight excluding hydrogens is 491 g/mol. The molecule has 0 radical (unpaired) electrons. The minimum absolute atomic E-state index is 0.113. The monoisotopic (exact) mass is 520 g/mol. The van der Waals surface area contributed by atoms with Crippen LogP contribution < -0.4 is 4.74 Å². The van der Waals surface area contributed by atoms with E-state index in [2.05, 4.69) is 25.3 Å². The van der Waals surface area contributed by atoms with Crippen LogP contribution in [-0.4, -0.2) is 37.0 Å². The van der Waals surface area contributed by atoms with Crippen molar-refractivity contribution < 1.29 is 9.13 Å². The Morgan fingerprint density at radius 1 is 1.03 bits per heavy atom. The van der Waals surface area contributed by atoms with E-state index >= 15 is 4.39 Å². The number of H-pyrrole nitrogens is 1. The van der Waals surface area contributed by atoms with E-state index in [0.717, 1.165) is 44.2 Å². The summed E-state index contributed by atoms with van der Waals surface area (Å²) in [5.74, 6) is 0.729. The first-order chi connectivity index (χ1) is 18.2. The lowest BCUT2D eigenvalue weighted by molar-refractivity contribution is 0.201. The quantitative estimate of drug-likeness (QED) is 0.302. The van der Waals surface area contributed by atoms with Crippen molar-refractivity contribution >= 4 is 11.6 Å². The molecule has 2 aromatic heterocycles. The highest BCUT2D eigenvalue weighted by molar-refractivity contribution is 6.30. The van der Waals surface area contributed by atoms with Gasteiger partial charge in [-0.15, -0.1) is 10.2 Å². The van der Waals surface area contributed by atoms with Crippen molar-refractivity contribution in [2.45, 2.75) is 63.7 Å². The van der Waals surface area contributed by atoms with Crippen molar-refractivity contribution in [1.29, 1.82) is 0 Å². The molecule has 2 aromatic carbocycles. The predicted octanol–water partition coefficient (Wildman–Crippen LogP) is 6.47. The van der Waals surface area contributed by atoms with Gasteiger partial charge in [-0.25, -0.2) is 9.07 Å². The third-order valence-corrected chi connectivity index (χ3v) is 8.04. The van der Waals surface area contributed by atoms with Crippen LogP contribution in [0.1, 0.15) is 67.8 Å². The fourth-order valence-electron chi connectivity index (χ4n) is 5.93. The lowest BCUT2D eigenvalue weighted by atomic mass is 9.77. The van der Waals surface area contributed by atoms with Crippen molar-refractivity contribution in [3.05, 3.63) is 70.3 Å². The van der Waals surface area contributed by atoms with Crippen LogP contribution in [-0.2, 0) is 12.8 Å². The van der Waals surface area contributed by atoms with Gasteiger partial charge >= 0.3 is 0 Å². The Hall–Kier alpha value is -3.26. The average molecular weight is 521 g/mol. The molecule has 7 nitrogen and oxygen atoms in total. The summed E-state index contributed by atoms with van der Waals surface area (Å²) >= 11 is 6.20. The maximum atomic E-state index is 15.1. The molecule has 0 saturated heterocycles. The average Bonchev–Trinajstić information content (AvgIpc) is 3.60. The molecule has 1 N–H and O–H groups in total. The number of hydrogen-bond donors (Lipinski definition) is 1. The first-order valence-electron chi connectivity index (χ1n) is 13.2. The van der Waals surface area contributed by atoms with Crippen LogP contribution >= 0.6 is 11.6 Å². The number of rotatable bonds is 7. The minimum Gasteiger partial charge on any atom is -0.490 e. The van der Waals surface area contributed by atoms with E-state index in [0.29, 0.717) is 28.9 Å². The van der Waals surface area contributed by atoms with E-state index in [-0.39, 0.29) is 11.7 Å². The van der Waals surface area contributed by atoms with Gasteiger partial charge in [0.15, 0.2) is 11.6 Å². The molecule has 4 aromatic rings. The van der Waals surface area contributed by atoms with Gasteiger partial charge in [0.2, 0.25) is 5.82 Å². The van der Waals surface area contributed by atoms with E-state index < -0.39 is 5.82 Å². The molecule has 1 atom stereocenters. The van der Waals surface area contributed by atoms with E-state index in [4.69, 9.17) is 21.4 Å². The van der Waals surface area contributed by atoms with Crippen molar-refractivity contribution in [1.82, 2.24) is 30.4 Å². The first kappa shape index (κ1) is 24.1. The first-order valence-corrected chi connectivity index (χ1v) is 13.6. The van der Waals surface area contributed by atoms with Gasteiger partial charge in [0.05, 0.1) is 23.7 Å². The second kappa shape index (κ2) is 10.6. The molecule has 192 valence electrons. The Kier molecular flexibility index (Phi) is 6.91. The number of ether oxygens (including phenoxy) is 1. The molecule has 6 rings (SSSR count). The SMILES string of the molecule is Fc1cc(-c2nn[nH]n2)ccc1OCC(c1c2c(nn1-c1ccc(Cl)cc1)CCCC2)C1CCCCC1. The topological polar surface area (TPSA) is 81.5 Å². The lowest BCUT2D eigenvalue weighted by Crippen LogP contribution is -2.26. The van der Waals surface area contributed by atoms with Crippen LogP contribution in [0, 0.1) is 11.7 Å². The van der Waals surface area contributed by atoms with Gasteiger partial charge in [0.1, 0.15) is 0 Å². The van der Waals surface area contributed by atoms with E-state index in [9.17, 15) is 0 Å². The Labute approximate surface area is 220 Å². The highest BCUT2D eigenvalue weighted by atomic mass is 35.5. The van der Waals surface area contributed by atoms with Crippen LogP contribution in [0.25, 0.3) is 17.1 Å². The minimum atomic E-state index is -0.432. The summed E-state index contributed by atoms with van der Waals surface area (Å²) in [4.78, 5) is 0. The molecule has 0 amide bonds. The van der Waals surface area contributed by atoms with Gasteiger partial charge in [-0.3, -0.25) is 0 Å². The Morgan fingerprint density at radius 3 is 2.59 bits per heavy atom. The molecule has 0 aliphatic heterocycles. The number of nitrogens with one attached hydrogen (secondary N) is 1. The molecule has 0 bridgehead atoms. The van der Waals surface area contributed by atoms with Crippen molar-refractivity contribution in [2.75, 3.05) is 6.61 Å². The fraction of sp³-hybridized carbons (Fsp3) is 0.429. The van der Waals surface area contributed by atoms with E-state index in [1.165, 1.54) is 42.3 Å². The van der Waals surface area contributed by atoms with Crippen LogP contribution in [0.3, 0.4) is 0 Å². The van der Waals surface area contributed by atoms with Gasteiger partial charge in [0.25, 0.3) is 0 Å². The summed E-state index contributed by atoms with van der Waals surface area (Å²) in [6.45, 7) is 0.398. The molecule has 1 unspecified atom stereocenters. The molecule has 2 heterocycles. The number of aromatic nitrogens is 6. The largest absolute Gasteiger partial charge is 0.490 e. The number of aryl methyl sites for hydroxylation is 1. The Balaban J connectivity index is 1.36. The van der Waals surface area contributed by atoms with Gasteiger partial charge in [-0.2, -0.15) is 10.3 Å². The number of tetrazole rings is 1. The normalized spacial score (nSPS) is 16.9. The molecule has 2 aliphatic carbocycles. The van der Waals surface area contributed by atoms with Crippen LogP contribution in [0.5, 0.6) is 5.75 Å². The maximum Gasteiger partial charge on any atom is 0.204 e. The number of hydrogen-bond acceptors (Lipinski definition) is 5. The molecule has 2 aliphatic rings. The van der Waals surface area contributed by atoms with Gasteiger partial charge < -0.3 is 4.74 Å². The standard InChI is InChI=1S/C28H30ClFN6O/c29-20-11-13-21(14-12-20)36-27(22-8-4-5-9-25(22)33-36)23(18-6-2-1-3-7-18)17-37-26-15-10-19(16-24(26)30)28-31-34-35-32-28/h10-16,18,23H,1-9,17H2,(H,31,32,34,35). The number of nitrogens with zero attached hydrogens (tertiary/aromatic N) is 5. The second-order valence-electron chi connectivity index (χ2n) is 10.1. The highest BCUT2D eigenvalue weighted by Crippen LogP contribution is 2.41. The lowest BCUT2D eigenvalue weighted by Gasteiger charge is -2.32. The smallest absolute Gasteiger partial charge is 0.204 e. The molecule has 1 fully saturated rings. The summed E-state index contributed by atoms with van der Waals surface area (Å²) < 4.78 is 23.5. The second-order valence-corrected chi connectivity index (χ2v) is 10.5. The van der Waals surface area contributed by atoms with E-state index in [1.807, 2.05) is 24.3 Å². The molecule has 37 heavy (non-hydrogen) atoms. The maximum absolute atomic E-state index is 15.1. The number of aromatic amines is 1. The summed E-state index contributed by atoms with van der Waals surface area (Å²) in [5, 5.41) is 19.6. The van der Waals surface area contributed by atoms with Crippen LogP contribution in [0.2, 0.25) is 5.02 Å². The van der Waals surface area contributed by atoms with Crippen molar-refractivity contribution in [3.8, 4) is 22.8 Å². The third-order valence-electron chi connectivity index (χ3n) is 7.79.